The molecule has 1 unspecified atom stereocenters. The highest BCUT2D eigenvalue weighted by Gasteiger charge is 2.10. The molecule has 0 fully saturated rings. The zero-order valence-electron chi connectivity index (χ0n) is 9.02. The van der Waals surface area contributed by atoms with Gasteiger partial charge in [0.05, 0.1) is 0 Å². The van der Waals surface area contributed by atoms with Crippen molar-refractivity contribution in [2.75, 3.05) is 0 Å². The molecule has 0 bridgehead atoms. The Labute approximate surface area is 109 Å². The smallest absolute Gasteiger partial charge is 0.104 e. The summed E-state index contributed by atoms with van der Waals surface area (Å²) in [6.45, 7) is 2.03. The standard InChI is InChI=1S/C14H13IO/c1-10-4-2-5-11(8-10)14(16)12-6-3-7-13(15)9-12/h2-9,14,16H,1H3. The van der Waals surface area contributed by atoms with Gasteiger partial charge in [-0.3, -0.25) is 0 Å². The maximum atomic E-state index is 10.2. The number of aliphatic hydroxyl groups excluding tert-OH is 1. The van der Waals surface area contributed by atoms with Gasteiger partial charge in [-0.15, -0.1) is 0 Å². The molecule has 2 heteroatoms. The van der Waals surface area contributed by atoms with E-state index in [-0.39, 0.29) is 0 Å². The number of hydrogen-bond acceptors (Lipinski definition) is 1. The minimum atomic E-state index is -0.533. The van der Waals surface area contributed by atoms with E-state index < -0.39 is 6.10 Å². The number of halogens is 1. The zero-order valence-corrected chi connectivity index (χ0v) is 11.2. The molecule has 0 amide bonds. The average Bonchev–Trinajstić information content (AvgIpc) is 2.28. The number of hydrogen-bond donors (Lipinski definition) is 1. The molecule has 0 aliphatic heterocycles. The van der Waals surface area contributed by atoms with Gasteiger partial charge in [0.1, 0.15) is 6.10 Å². The fourth-order valence-electron chi connectivity index (χ4n) is 1.71. The van der Waals surface area contributed by atoms with Crippen molar-refractivity contribution < 1.29 is 5.11 Å². The van der Waals surface area contributed by atoms with Crippen molar-refractivity contribution in [1.29, 1.82) is 0 Å². The molecule has 16 heavy (non-hydrogen) atoms. The Kier molecular flexibility index (Phi) is 3.61. The van der Waals surface area contributed by atoms with Crippen molar-refractivity contribution in [3.63, 3.8) is 0 Å². The normalized spacial score (nSPS) is 12.4. The first kappa shape index (κ1) is 11.6. The van der Waals surface area contributed by atoms with Gasteiger partial charge in [0.2, 0.25) is 0 Å². The van der Waals surface area contributed by atoms with Gasteiger partial charge in [0, 0.05) is 3.57 Å². The van der Waals surface area contributed by atoms with Gasteiger partial charge in [-0.05, 0) is 52.8 Å². The largest absolute Gasteiger partial charge is 0.384 e. The molecule has 0 heterocycles. The van der Waals surface area contributed by atoms with Crippen molar-refractivity contribution in [3.8, 4) is 0 Å². The molecule has 0 spiro atoms. The number of benzene rings is 2. The topological polar surface area (TPSA) is 20.2 Å². The highest BCUT2D eigenvalue weighted by Crippen LogP contribution is 2.23. The summed E-state index contributed by atoms with van der Waals surface area (Å²) in [7, 11) is 0. The third kappa shape index (κ3) is 2.62. The number of rotatable bonds is 2. The van der Waals surface area contributed by atoms with Crippen LogP contribution < -0.4 is 0 Å². The summed E-state index contributed by atoms with van der Waals surface area (Å²) >= 11 is 2.25. The van der Waals surface area contributed by atoms with Crippen molar-refractivity contribution in [1.82, 2.24) is 0 Å². The predicted octanol–water partition coefficient (Wildman–Crippen LogP) is 3.68. The van der Waals surface area contributed by atoms with Crippen LogP contribution in [0.1, 0.15) is 22.8 Å². The van der Waals surface area contributed by atoms with E-state index in [0.29, 0.717) is 0 Å². The van der Waals surface area contributed by atoms with E-state index in [9.17, 15) is 5.11 Å². The quantitative estimate of drug-likeness (QED) is 0.836. The highest BCUT2D eigenvalue weighted by molar-refractivity contribution is 14.1. The maximum Gasteiger partial charge on any atom is 0.104 e. The molecule has 2 aromatic carbocycles. The zero-order chi connectivity index (χ0) is 11.5. The second kappa shape index (κ2) is 4.97. The molecule has 0 aliphatic rings. The van der Waals surface area contributed by atoms with Crippen LogP contribution in [0.15, 0.2) is 48.5 Å². The molecule has 0 saturated carbocycles. The Hall–Kier alpha value is -0.870. The van der Waals surface area contributed by atoms with Gasteiger partial charge < -0.3 is 5.11 Å². The van der Waals surface area contributed by atoms with Crippen LogP contribution in [-0.4, -0.2) is 5.11 Å². The molecule has 0 saturated heterocycles. The van der Waals surface area contributed by atoms with Crippen LogP contribution in [0, 0.1) is 10.5 Å². The lowest BCUT2D eigenvalue weighted by atomic mass is 10.0. The van der Waals surface area contributed by atoms with E-state index in [0.717, 1.165) is 14.7 Å². The van der Waals surface area contributed by atoms with Crippen LogP contribution in [0.5, 0.6) is 0 Å². The molecule has 1 nitrogen and oxygen atoms in total. The SMILES string of the molecule is Cc1cccc(C(O)c2cccc(I)c2)c1. The number of aliphatic hydroxyl groups is 1. The number of aryl methyl sites for hydroxylation is 1. The van der Waals surface area contributed by atoms with Gasteiger partial charge in [-0.25, -0.2) is 0 Å². The molecule has 0 aromatic heterocycles. The van der Waals surface area contributed by atoms with Gasteiger partial charge in [-0.2, -0.15) is 0 Å². The predicted molar refractivity (Wildman–Crippen MR) is 74.4 cm³/mol. The molecule has 0 radical (unpaired) electrons. The molecule has 1 N–H and O–H groups in total. The molecule has 82 valence electrons. The van der Waals surface area contributed by atoms with Gasteiger partial charge in [0.25, 0.3) is 0 Å². The van der Waals surface area contributed by atoms with Gasteiger partial charge in [-0.1, -0.05) is 42.0 Å². The van der Waals surface area contributed by atoms with Crippen molar-refractivity contribution in [3.05, 3.63) is 68.8 Å². The lowest BCUT2D eigenvalue weighted by Gasteiger charge is -2.12. The van der Waals surface area contributed by atoms with E-state index >= 15 is 0 Å². The summed E-state index contributed by atoms with van der Waals surface area (Å²) in [5.41, 5.74) is 3.06. The van der Waals surface area contributed by atoms with E-state index in [1.54, 1.807) is 0 Å². The molecule has 2 rings (SSSR count). The summed E-state index contributed by atoms with van der Waals surface area (Å²) in [6, 6.07) is 15.9. The molecular weight excluding hydrogens is 311 g/mol. The van der Waals surface area contributed by atoms with E-state index in [1.807, 2.05) is 55.5 Å². The lowest BCUT2D eigenvalue weighted by Crippen LogP contribution is -1.99. The van der Waals surface area contributed by atoms with Crippen LogP contribution >= 0.6 is 22.6 Å². The summed E-state index contributed by atoms with van der Waals surface area (Å²) < 4.78 is 1.14. The minimum absolute atomic E-state index is 0.533. The Morgan fingerprint density at radius 1 is 1.00 bits per heavy atom. The summed E-state index contributed by atoms with van der Waals surface area (Å²) in [4.78, 5) is 0. The Bertz CT molecular complexity index is 448. The second-order valence-electron chi connectivity index (χ2n) is 3.87. The van der Waals surface area contributed by atoms with Crippen molar-refractivity contribution >= 4 is 22.6 Å². The van der Waals surface area contributed by atoms with Crippen LogP contribution in [0.2, 0.25) is 0 Å². The average molecular weight is 324 g/mol. The fraction of sp³-hybridized carbons (Fsp3) is 0.143. The molecule has 1 atom stereocenters. The summed E-state index contributed by atoms with van der Waals surface area (Å²) in [6.07, 6.45) is -0.533. The summed E-state index contributed by atoms with van der Waals surface area (Å²) in [5, 5.41) is 10.2. The molecule has 2 aromatic rings. The Morgan fingerprint density at radius 3 is 2.25 bits per heavy atom. The molecular formula is C14H13IO. The first-order valence-corrected chi connectivity index (χ1v) is 6.25. The van der Waals surface area contributed by atoms with Gasteiger partial charge in [0.15, 0.2) is 0 Å². The Balaban J connectivity index is 2.35. The van der Waals surface area contributed by atoms with Gasteiger partial charge >= 0.3 is 0 Å². The van der Waals surface area contributed by atoms with Crippen LogP contribution in [0.4, 0.5) is 0 Å². The Morgan fingerprint density at radius 2 is 1.62 bits per heavy atom. The van der Waals surface area contributed by atoms with Crippen LogP contribution in [-0.2, 0) is 0 Å². The summed E-state index contributed by atoms with van der Waals surface area (Å²) in [5.74, 6) is 0. The van der Waals surface area contributed by atoms with E-state index in [4.69, 9.17) is 0 Å². The van der Waals surface area contributed by atoms with Crippen LogP contribution in [0.3, 0.4) is 0 Å². The van der Waals surface area contributed by atoms with Crippen LogP contribution in [0.25, 0.3) is 0 Å². The first-order valence-electron chi connectivity index (χ1n) is 5.17. The third-order valence-corrected chi connectivity index (χ3v) is 3.19. The highest BCUT2D eigenvalue weighted by atomic mass is 127. The first-order chi connectivity index (χ1) is 7.66. The van der Waals surface area contributed by atoms with Crippen molar-refractivity contribution in [2.24, 2.45) is 0 Å². The van der Waals surface area contributed by atoms with Crippen molar-refractivity contribution in [2.45, 2.75) is 13.0 Å². The fourth-order valence-corrected chi connectivity index (χ4v) is 2.28. The molecule has 0 aliphatic carbocycles. The third-order valence-electron chi connectivity index (χ3n) is 2.52. The monoisotopic (exact) mass is 324 g/mol. The maximum absolute atomic E-state index is 10.2. The minimum Gasteiger partial charge on any atom is -0.384 e. The van der Waals surface area contributed by atoms with E-state index in [2.05, 4.69) is 22.6 Å². The van der Waals surface area contributed by atoms with E-state index in [1.165, 1.54) is 5.56 Å². The second-order valence-corrected chi connectivity index (χ2v) is 5.12. The lowest BCUT2D eigenvalue weighted by molar-refractivity contribution is 0.220.